The van der Waals surface area contributed by atoms with Gasteiger partial charge in [0.15, 0.2) is 15.6 Å². The number of aryl methyl sites for hydroxylation is 1. The van der Waals surface area contributed by atoms with Crippen LogP contribution in [0.2, 0.25) is 0 Å². The maximum Gasteiger partial charge on any atom is 0.436 e. The first-order valence-electron chi connectivity index (χ1n) is 12.3. The number of ketones is 1. The van der Waals surface area contributed by atoms with Crippen molar-refractivity contribution < 1.29 is 53.1 Å². The second-order valence-electron chi connectivity index (χ2n) is 9.77. The van der Waals surface area contributed by atoms with E-state index >= 15 is 0 Å². The minimum Gasteiger partial charge on any atom is -0.340 e. The Kier molecular flexibility index (Phi) is 8.54. The first kappa shape index (κ1) is 31.9. The molecule has 3 heterocycles. The fraction of sp³-hybridized carbons (Fsp3) is 0.423. The molecular formula is C26H22F8N2O4S2. The number of hydrogen-bond acceptors (Lipinski definition) is 6. The van der Waals surface area contributed by atoms with Gasteiger partial charge in [0, 0.05) is 30.5 Å². The van der Waals surface area contributed by atoms with Crippen LogP contribution in [-0.4, -0.2) is 61.2 Å². The maximum atomic E-state index is 14.6. The van der Waals surface area contributed by atoms with Crippen LogP contribution in [0.3, 0.4) is 0 Å². The number of aromatic nitrogens is 1. The van der Waals surface area contributed by atoms with E-state index in [9.17, 15) is 53.1 Å². The van der Waals surface area contributed by atoms with Crippen LogP contribution < -0.4 is 0 Å². The van der Waals surface area contributed by atoms with Crippen LogP contribution in [0.4, 0.5) is 35.1 Å². The van der Waals surface area contributed by atoms with Crippen LogP contribution in [0, 0.1) is 5.82 Å². The number of nitrogens with zero attached hydrogens (tertiary/aromatic N) is 2. The Morgan fingerprint density at radius 3 is 2.17 bits per heavy atom. The lowest BCUT2D eigenvalue weighted by Crippen LogP contribution is -2.52. The van der Waals surface area contributed by atoms with E-state index in [2.05, 4.69) is 4.98 Å². The van der Waals surface area contributed by atoms with E-state index < -0.39 is 50.0 Å². The van der Waals surface area contributed by atoms with Crippen molar-refractivity contribution in [2.24, 2.45) is 0 Å². The zero-order valence-corrected chi connectivity index (χ0v) is 23.0. The van der Waals surface area contributed by atoms with Gasteiger partial charge in [-0.1, -0.05) is 0 Å². The molecule has 3 aliphatic rings. The molecule has 2 aliphatic heterocycles. The van der Waals surface area contributed by atoms with E-state index in [0.717, 1.165) is 36.4 Å². The zero-order chi connectivity index (χ0) is 31.1. The van der Waals surface area contributed by atoms with Gasteiger partial charge in [-0.15, -0.1) is 11.8 Å². The highest BCUT2D eigenvalue weighted by atomic mass is 32.2. The number of pyridine rings is 1. The van der Waals surface area contributed by atoms with E-state index in [1.54, 1.807) is 17.8 Å². The van der Waals surface area contributed by atoms with Crippen LogP contribution in [0.25, 0.3) is 0 Å². The summed E-state index contributed by atoms with van der Waals surface area (Å²) in [5.74, 6) is 0.484. The predicted molar refractivity (Wildman–Crippen MR) is 135 cm³/mol. The topological polar surface area (TPSA) is 84.4 Å². The number of likely N-dealkylation sites (tertiary alicyclic amines) is 1. The Morgan fingerprint density at radius 1 is 1.02 bits per heavy atom. The molecule has 5 rings (SSSR count). The summed E-state index contributed by atoms with van der Waals surface area (Å²) in [6.45, 7) is -0.0877. The standard InChI is InChI=1S/C21H16F8N2O3S.C5H6OS/c22-14-2-4-15(5-3-14)35(33,34)18-7-8-31(11-32)16(18)6-1-12-9-13(10-30-17(12)18)19(23,20(24,25)26)21(27,28)29;6-5-1-3-7-4-2-5/h2-5,9-11,16H,1,6-8H2;1,3H,2,4H2. The smallest absolute Gasteiger partial charge is 0.340 e. The molecule has 0 radical (unpaired) electrons. The molecule has 6 nitrogen and oxygen atoms in total. The number of allylic oxidation sites excluding steroid dienone is 1. The molecule has 1 fully saturated rings. The molecule has 0 saturated carbocycles. The van der Waals surface area contributed by atoms with E-state index in [1.807, 2.05) is 5.41 Å². The number of rotatable bonds is 4. The van der Waals surface area contributed by atoms with Crippen molar-refractivity contribution in [2.75, 3.05) is 12.3 Å². The summed E-state index contributed by atoms with van der Waals surface area (Å²) in [6, 6.07) is 2.96. The summed E-state index contributed by atoms with van der Waals surface area (Å²) in [5.41, 5.74) is -8.23. The number of thioether (sulfide) groups is 1. The first-order chi connectivity index (χ1) is 19.5. The molecule has 2 unspecified atom stereocenters. The highest BCUT2D eigenvalue weighted by Gasteiger charge is 2.74. The van der Waals surface area contributed by atoms with Gasteiger partial charge in [-0.25, -0.2) is 17.2 Å². The highest BCUT2D eigenvalue weighted by Crippen LogP contribution is 2.55. The summed E-state index contributed by atoms with van der Waals surface area (Å²) in [6.07, 6.45) is -10.6. The minimum atomic E-state index is -6.36. The highest BCUT2D eigenvalue weighted by molar-refractivity contribution is 8.02. The van der Waals surface area contributed by atoms with Crippen LogP contribution in [0.1, 0.15) is 36.1 Å². The molecular weight excluding hydrogens is 620 g/mol. The van der Waals surface area contributed by atoms with Crippen molar-refractivity contribution in [2.45, 2.75) is 59.4 Å². The Balaban J connectivity index is 0.000000507. The summed E-state index contributed by atoms with van der Waals surface area (Å²) < 4.78 is 133. The van der Waals surface area contributed by atoms with E-state index in [-0.39, 0.29) is 53.9 Å². The van der Waals surface area contributed by atoms with Crippen molar-refractivity contribution in [1.82, 2.24) is 9.88 Å². The Bertz CT molecular complexity index is 1480. The number of fused-ring (bicyclic) bond motifs is 3. The van der Waals surface area contributed by atoms with Crippen LogP contribution in [0.5, 0.6) is 0 Å². The second-order valence-corrected chi connectivity index (χ2v) is 13.0. The van der Waals surface area contributed by atoms with E-state index in [0.29, 0.717) is 12.5 Å². The summed E-state index contributed by atoms with van der Waals surface area (Å²) in [4.78, 5) is 26.4. The van der Waals surface area contributed by atoms with Gasteiger partial charge in [-0.3, -0.25) is 14.6 Å². The molecule has 0 N–H and O–H groups in total. The number of carbonyl (C=O) groups excluding carboxylic acids is 2. The Labute approximate surface area is 239 Å². The lowest BCUT2D eigenvalue weighted by Gasteiger charge is -2.41. The number of alkyl halides is 7. The van der Waals surface area contributed by atoms with Gasteiger partial charge < -0.3 is 4.90 Å². The van der Waals surface area contributed by atoms with Crippen molar-refractivity contribution in [3.63, 3.8) is 0 Å². The molecule has 1 aromatic heterocycles. The monoisotopic (exact) mass is 642 g/mol. The van der Waals surface area contributed by atoms with Crippen molar-refractivity contribution in [3.05, 3.63) is 70.7 Å². The summed E-state index contributed by atoms with van der Waals surface area (Å²) in [7, 11) is -4.51. The third-order valence-corrected chi connectivity index (χ3v) is 10.8. The molecule has 1 amide bonds. The van der Waals surface area contributed by atoms with Crippen LogP contribution in [0.15, 0.2) is 52.9 Å². The molecule has 0 spiro atoms. The summed E-state index contributed by atoms with van der Waals surface area (Å²) in [5, 5.41) is 1.85. The lowest BCUT2D eigenvalue weighted by atomic mass is 9.80. The van der Waals surface area contributed by atoms with Crippen LogP contribution >= 0.6 is 11.8 Å². The molecule has 1 aliphatic carbocycles. The Morgan fingerprint density at radius 2 is 1.67 bits per heavy atom. The zero-order valence-electron chi connectivity index (χ0n) is 21.4. The predicted octanol–water partition coefficient (Wildman–Crippen LogP) is 5.56. The molecule has 1 saturated heterocycles. The minimum absolute atomic E-state index is 0.0354. The number of hydrogen-bond donors (Lipinski definition) is 0. The number of halogens is 8. The van der Waals surface area contributed by atoms with Gasteiger partial charge in [0.05, 0.1) is 16.6 Å². The SMILES string of the molecule is O=C1C=CSCC1.O=CN1CCC2(S(=O)(=O)c3ccc(F)cc3)c3ncc(C(F)(C(F)(F)F)C(F)(F)F)cc3CCC12. The molecule has 16 heteroatoms. The van der Waals surface area contributed by atoms with Crippen molar-refractivity contribution in [1.29, 1.82) is 0 Å². The van der Waals surface area contributed by atoms with Gasteiger partial charge in [-0.05, 0) is 66.6 Å². The van der Waals surface area contributed by atoms with Gasteiger partial charge in [-0.2, -0.15) is 26.3 Å². The second kappa shape index (κ2) is 11.2. The number of sulfone groups is 1. The third kappa shape index (κ3) is 5.20. The number of amides is 1. The third-order valence-electron chi connectivity index (χ3n) is 7.47. The van der Waals surface area contributed by atoms with Crippen LogP contribution in [-0.2, 0) is 36.3 Å². The van der Waals surface area contributed by atoms with E-state index in [1.165, 1.54) is 4.90 Å². The van der Waals surface area contributed by atoms with Crippen molar-refractivity contribution in [3.8, 4) is 0 Å². The lowest BCUT2D eigenvalue weighted by molar-refractivity contribution is -0.348. The normalized spacial score (nSPS) is 22.6. The molecule has 0 bridgehead atoms. The van der Waals surface area contributed by atoms with Gasteiger partial charge in [0.2, 0.25) is 6.41 Å². The average Bonchev–Trinajstić information content (AvgIpc) is 3.33. The molecule has 2 aromatic rings. The fourth-order valence-corrected chi connectivity index (χ4v) is 8.47. The van der Waals surface area contributed by atoms with E-state index in [4.69, 9.17) is 0 Å². The van der Waals surface area contributed by atoms with Gasteiger partial charge >= 0.3 is 18.0 Å². The molecule has 228 valence electrons. The number of carbonyl (C=O) groups is 2. The number of benzene rings is 1. The molecule has 2 atom stereocenters. The average molecular weight is 643 g/mol. The molecule has 42 heavy (non-hydrogen) atoms. The van der Waals surface area contributed by atoms with Gasteiger partial charge in [0.25, 0.3) is 0 Å². The molecule has 1 aromatic carbocycles. The Hall–Kier alpha value is -3.01. The fourth-order valence-electron chi connectivity index (χ4n) is 5.44. The first-order valence-corrected chi connectivity index (χ1v) is 14.9. The van der Waals surface area contributed by atoms with Crippen molar-refractivity contribution >= 4 is 33.8 Å². The van der Waals surface area contributed by atoms with Gasteiger partial charge in [0.1, 0.15) is 10.6 Å². The summed E-state index contributed by atoms with van der Waals surface area (Å²) >= 11 is 1.70. The maximum absolute atomic E-state index is 14.6. The quantitative estimate of drug-likeness (QED) is 0.247. The largest absolute Gasteiger partial charge is 0.436 e.